The maximum Gasteiger partial charge on any atom is 0.164 e. The van der Waals surface area contributed by atoms with Gasteiger partial charge in [0.2, 0.25) is 0 Å². The molecule has 0 unspecified atom stereocenters. The predicted octanol–water partition coefficient (Wildman–Crippen LogP) is 4.07. The molecule has 0 aliphatic carbocycles. The summed E-state index contributed by atoms with van der Waals surface area (Å²) in [7, 11) is 4.85. The van der Waals surface area contributed by atoms with Gasteiger partial charge in [-0.05, 0) is 18.6 Å². The molecular formula is C14H26O3. The van der Waals surface area contributed by atoms with Crippen molar-refractivity contribution in [3.8, 4) is 17.2 Å². The van der Waals surface area contributed by atoms with Gasteiger partial charge in [0.1, 0.15) is 5.75 Å². The van der Waals surface area contributed by atoms with E-state index in [0.717, 1.165) is 17.1 Å². The number of benzene rings is 1. The van der Waals surface area contributed by atoms with E-state index in [1.54, 1.807) is 21.3 Å². The van der Waals surface area contributed by atoms with Crippen LogP contribution in [0.2, 0.25) is 0 Å². The molecule has 0 spiro atoms. The quantitative estimate of drug-likeness (QED) is 0.799. The van der Waals surface area contributed by atoms with E-state index >= 15 is 0 Å². The fraction of sp³-hybridized carbons (Fsp3) is 0.571. The van der Waals surface area contributed by atoms with Crippen molar-refractivity contribution in [1.29, 1.82) is 0 Å². The molecule has 0 N–H and O–H groups in total. The van der Waals surface area contributed by atoms with E-state index in [1.165, 1.54) is 0 Å². The van der Waals surface area contributed by atoms with E-state index in [2.05, 4.69) is 0 Å². The zero-order chi connectivity index (χ0) is 13.8. The summed E-state index contributed by atoms with van der Waals surface area (Å²) in [5.41, 5.74) is 1.03. The van der Waals surface area contributed by atoms with Gasteiger partial charge in [-0.25, -0.2) is 0 Å². The number of ether oxygens (including phenoxy) is 3. The van der Waals surface area contributed by atoms with Crippen molar-refractivity contribution in [2.45, 2.75) is 34.6 Å². The molecule has 0 radical (unpaired) electrons. The molecule has 0 atom stereocenters. The smallest absolute Gasteiger partial charge is 0.164 e. The number of hydrogen-bond donors (Lipinski definition) is 0. The third kappa shape index (κ3) is 5.48. The molecule has 3 nitrogen and oxygen atoms in total. The van der Waals surface area contributed by atoms with Crippen molar-refractivity contribution in [2.24, 2.45) is 0 Å². The highest BCUT2D eigenvalue weighted by Gasteiger charge is 2.07. The summed E-state index contributed by atoms with van der Waals surface area (Å²) in [6.45, 7) is 9.96. The zero-order valence-corrected chi connectivity index (χ0v) is 12.4. The van der Waals surface area contributed by atoms with Crippen molar-refractivity contribution < 1.29 is 14.2 Å². The first kappa shape index (κ1) is 18.0. The van der Waals surface area contributed by atoms with Crippen molar-refractivity contribution in [2.75, 3.05) is 21.3 Å². The van der Waals surface area contributed by atoms with Crippen LogP contribution >= 0.6 is 0 Å². The number of methoxy groups -OCH3 is 3. The van der Waals surface area contributed by atoms with Crippen LogP contribution < -0.4 is 14.2 Å². The Bertz CT molecular complexity index is 296. The first-order chi connectivity index (χ1) is 8.22. The maximum atomic E-state index is 5.15. The molecule has 1 rings (SSSR count). The van der Waals surface area contributed by atoms with Crippen molar-refractivity contribution in [3.63, 3.8) is 0 Å². The molecule has 0 aliphatic rings. The summed E-state index contributed by atoms with van der Waals surface area (Å²) < 4.78 is 15.4. The Kier molecular flexibility index (Phi) is 11.8. The molecule has 0 bridgehead atoms. The molecule has 1 aromatic rings. The minimum atomic E-state index is 0.685. The Balaban J connectivity index is 0. The summed E-state index contributed by atoms with van der Waals surface area (Å²) in [5, 5.41) is 0. The third-order valence-corrected chi connectivity index (χ3v) is 1.90. The molecule has 1 aromatic carbocycles. The van der Waals surface area contributed by atoms with E-state index < -0.39 is 0 Å². The van der Waals surface area contributed by atoms with Crippen LogP contribution in [0.1, 0.15) is 33.3 Å². The van der Waals surface area contributed by atoms with Gasteiger partial charge >= 0.3 is 0 Å². The SMILES string of the molecule is CC.CC.COc1cc(OC)c(OC)cc1C. The molecule has 0 saturated carbocycles. The average molecular weight is 242 g/mol. The predicted molar refractivity (Wildman–Crippen MR) is 73.5 cm³/mol. The zero-order valence-electron chi connectivity index (χ0n) is 12.4. The van der Waals surface area contributed by atoms with Crippen LogP contribution in [0.25, 0.3) is 0 Å². The average Bonchev–Trinajstić information content (AvgIpc) is 2.42. The van der Waals surface area contributed by atoms with E-state index in [9.17, 15) is 0 Å². The van der Waals surface area contributed by atoms with Crippen LogP contribution in [0, 0.1) is 6.92 Å². The van der Waals surface area contributed by atoms with Gasteiger partial charge in [-0.2, -0.15) is 0 Å². The largest absolute Gasteiger partial charge is 0.496 e. The Morgan fingerprint density at radius 3 is 1.35 bits per heavy atom. The lowest BCUT2D eigenvalue weighted by Gasteiger charge is -2.11. The molecule has 0 saturated heterocycles. The topological polar surface area (TPSA) is 27.7 Å². The summed E-state index contributed by atoms with van der Waals surface area (Å²) in [6, 6.07) is 3.70. The number of rotatable bonds is 3. The third-order valence-electron chi connectivity index (χ3n) is 1.90. The van der Waals surface area contributed by atoms with E-state index in [1.807, 2.05) is 46.8 Å². The summed E-state index contributed by atoms with van der Waals surface area (Å²) in [4.78, 5) is 0. The van der Waals surface area contributed by atoms with Crippen LogP contribution in [0.3, 0.4) is 0 Å². The second-order valence-corrected chi connectivity index (χ2v) is 2.68. The monoisotopic (exact) mass is 242 g/mol. The lowest BCUT2D eigenvalue weighted by atomic mass is 10.2. The second-order valence-electron chi connectivity index (χ2n) is 2.68. The number of aryl methyl sites for hydroxylation is 1. The van der Waals surface area contributed by atoms with Gasteiger partial charge in [0.15, 0.2) is 11.5 Å². The van der Waals surface area contributed by atoms with Crippen LogP contribution in [0.15, 0.2) is 12.1 Å². The van der Waals surface area contributed by atoms with Crippen LogP contribution in [-0.2, 0) is 0 Å². The first-order valence-electron chi connectivity index (χ1n) is 5.99. The molecule has 17 heavy (non-hydrogen) atoms. The summed E-state index contributed by atoms with van der Waals surface area (Å²) >= 11 is 0. The van der Waals surface area contributed by atoms with Crippen molar-refractivity contribution >= 4 is 0 Å². The Hall–Kier alpha value is -1.38. The summed E-state index contributed by atoms with van der Waals surface area (Å²) in [6.07, 6.45) is 0. The van der Waals surface area contributed by atoms with Gasteiger partial charge in [0, 0.05) is 6.07 Å². The molecular weight excluding hydrogens is 216 g/mol. The van der Waals surface area contributed by atoms with Gasteiger partial charge in [-0.1, -0.05) is 27.7 Å². The molecule has 0 fully saturated rings. The van der Waals surface area contributed by atoms with Gasteiger partial charge in [-0.15, -0.1) is 0 Å². The minimum absolute atomic E-state index is 0.685. The van der Waals surface area contributed by atoms with Crippen molar-refractivity contribution in [1.82, 2.24) is 0 Å². The molecule has 0 heterocycles. The second kappa shape index (κ2) is 11.1. The maximum absolute atomic E-state index is 5.15. The molecule has 3 heteroatoms. The highest BCUT2D eigenvalue weighted by atomic mass is 16.5. The van der Waals surface area contributed by atoms with Gasteiger partial charge < -0.3 is 14.2 Å². The van der Waals surface area contributed by atoms with Gasteiger partial charge in [-0.3, -0.25) is 0 Å². The normalized spacial score (nSPS) is 8.00. The summed E-state index contributed by atoms with van der Waals surface area (Å²) in [5.74, 6) is 2.21. The number of hydrogen-bond acceptors (Lipinski definition) is 3. The van der Waals surface area contributed by atoms with Gasteiger partial charge in [0.05, 0.1) is 21.3 Å². The van der Waals surface area contributed by atoms with Crippen molar-refractivity contribution in [3.05, 3.63) is 17.7 Å². The minimum Gasteiger partial charge on any atom is -0.496 e. The first-order valence-corrected chi connectivity index (χ1v) is 5.99. The van der Waals surface area contributed by atoms with Gasteiger partial charge in [0.25, 0.3) is 0 Å². The molecule has 0 aromatic heterocycles. The molecule has 100 valence electrons. The molecule has 0 aliphatic heterocycles. The Labute approximate surface area is 106 Å². The highest BCUT2D eigenvalue weighted by Crippen LogP contribution is 2.33. The Morgan fingerprint density at radius 2 is 1.00 bits per heavy atom. The molecule has 0 amide bonds. The van der Waals surface area contributed by atoms with Crippen LogP contribution in [0.5, 0.6) is 17.2 Å². The van der Waals surface area contributed by atoms with E-state index in [-0.39, 0.29) is 0 Å². The fourth-order valence-electron chi connectivity index (χ4n) is 1.18. The van der Waals surface area contributed by atoms with Crippen LogP contribution in [0.4, 0.5) is 0 Å². The van der Waals surface area contributed by atoms with E-state index in [0.29, 0.717) is 5.75 Å². The van der Waals surface area contributed by atoms with Crippen LogP contribution in [-0.4, -0.2) is 21.3 Å². The highest BCUT2D eigenvalue weighted by molar-refractivity contribution is 5.50. The lowest BCUT2D eigenvalue weighted by molar-refractivity contribution is 0.348. The standard InChI is InChI=1S/C10H14O3.2C2H6/c1-7-5-9(12-3)10(13-4)6-8(7)11-2;2*1-2/h5-6H,1-4H3;2*1-2H3. The Morgan fingerprint density at radius 1 is 0.647 bits per heavy atom. The lowest BCUT2D eigenvalue weighted by Crippen LogP contribution is -1.94. The van der Waals surface area contributed by atoms with E-state index in [4.69, 9.17) is 14.2 Å². The fourth-order valence-corrected chi connectivity index (χ4v) is 1.18.